The number of rotatable bonds is 10. The van der Waals surface area contributed by atoms with Crippen molar-refractivity contribution >= 4 is 45.4 Å². The molecule has 1 aliphatic rings. The van der Waals surface area contributed by atoms with Crippen molar-refractivity contribution < 1.29 is 45.8 Å². The molecule has 0 atom stereocenters. The molecule has 1 fully saturated rings. The third kappa shape index (κ3) is 9.16. The molecule has 0 radical (unpaired) electrons. The number of aryl methyl sites for hydroxylation is 1. The normalized spacial score (nSPS) is 13.5. The second kappa shape index (κ2) is 16.0. The molecule has 274 valence electrons. The molecule has 16 heteroatoms. The molecule has 0 spiro atoms. The number of ether oxygens (including phenoxy) is 3. The van der Waals surface area contributed by atoms with E-state index in [-0.39, 0.29) is 40.1 Å². The van der Waals surface area contributed by atoms with E-state index in [1.807, 2.05) is 28.6 Å². The molecule has 2 aromatic heterocycles. The minimum absolute atomic E-state index is 0. The van der Waals surface area contributed by atoms with Crippen LogP contribution in [-0.4, -0.2) is 77.4 Å². The summed E-state index contributed by atoms with van der Waals surface area (Å²) in [5.74, 6) is -0.131. The molecule has 0 saturated carbocycles. The summed E-state index contributed by atoms with van der Waals surface area (Å²) in [6.45, 7) is 0.147. The van der Waals surface area contributed by atoms with Gasteiger partial charge in [-0.05, 0) is 66.2 Å². The molecule has 2 amide bonds. The van der Waals surface area contributed by atoms with Gasteiger partial charge in [0.25, 0.3) is 11.8 Å². The van der Waals surface area contributed by atoms with Gasteiger partial charge in [-0.2, -0.15) is 8.78 Å². The predicted octanol–water partition coefficient (Wildman–Crippen LogP) is 7.68. The van der Waals surface area contributed by atoms with Crippen molar-refractivity contribution in [3.8, 4) is 23.1 Å². The average molecular weight is 791 g/mol. The zero-order valence-corrected chi connectivity index (χ0v) is 29.6. The highest BCUT2D eigenvalue weighted by Gasteiger charge is 2.31. The van der Waals surface area contributed by atoms with Crippen LogP contribution in [0.3, 0.4) is 0 Å². The number of halogens is 6. The molecule has 3 heterocycles. The standard InChI is InChI=1S/C36H32F5N5O5.BrH/c1-43(33(47)24-5-11-28(12-6-24)51-36(39,40)41)26-8-14-32(42-21-26)49-29-13-7-25-19-31(44(2)30(25)20-29)34(48)46-17-15-45(16-18-46)22-23-3-9-27(10-4-23)50-35(37)38;/h3-14,19-21,35H,15-18,22H2,1-2H3;1H. The van der Waals surface area contributed by atoms with E-state index >= 15 is 0 Å². The van der Waals surface area contributed by atoms with Gasteiger partial charge in [0, 0.05) is 69.9 Å². The number of hydrogen-bond donors (Lipinski definition) is 0. The summed E-state index contributed by atoms with van der Waals surface area (Å²) in [5, 5.41) is 0.854. The molecule has 0 bridgehead atoms. The van der Waals surface area contributed by atoms with Crippen molar-refractivity contribution in [2.75, 3.05) is 38.1 Å². The van der Waals surface area contributed by atoms with Gasteiger partial charge in [0.05, 0.1) is 17.4 Å². The van der Waals surface area contributed by atoms with Crippen LogP contribution >= 0.6 is 17.0 Å². The third-order valence-corrected chi connectivity index (χ3v) is 8.42. The lowest BCUT2D eigenvalue weighted by molar-refractivity contribution is -0.274. The number of pyridine rings is 1. The van der Waals surface area contributed by atoms with E-state index in [9.17, 15) is 31.5 Å². The number of piperazine rings is 1. The maximum atomic E-state index is 13.5. The summed E-state index contributed by atoms with van der Waals surface area (Å²) in [4.78, 5) is 36.1. The van der Waals surface area contributed by atoms with Crippen molar-refractivity contribution in [2.45, 2.75) is 19.5 Å². The van der Waals surface area contributed by atoms with Gasteiger partial charge in [0.15, 0.2) is 0 Å². The Hall–Kier alpha value is -5.22. The maximum absolute atomic E-state index is 13.5. The van der Waals surface area contributed by atoms with E-state index in [0.717, 1.165) is 28.6 Å². The lowest BCUT2D eigenvalue weighted by Gasteiger charge is -2.34. The fraction of sp³-hybridized carbons (Fsp3) is 0.250. The van der Waals surface area contributed by atoms with Crippen molar-refractivity contribution in [3.63, 3.8) is 0 Å². The van der Waals surface area contributed by atoms with E-state index in [0.29, 0.717) is 49.9 Å². The quantitative estimate of drug-likeness (QED) is 0.134. The Labute approximate surface area is 305 Å². The predicted molar refractivity (Wildman–Crippen MR) is 188 cm³/mol. The molecule has 0 aliphatic carbocycles. The second-order valence-corrected chi connectivity index (χ2v) is 11.8. The van der Waals surface area contributed by atoms with Gasteiger partial charge in [-0.15, -0.1) is 30.2 Å². The summed E-state index contributed by atoms with van der Waals surface area (Å²) in [7, 11) is 3.33. The van der Waals surface area contributed by atoms with Crippen LogP contribution in [0.1, 0.15) is 26.4 Å². The fourth-order valence-electron chi connectivity index (χ4n) is 5.75. The van der Waals surface area contributed by atoms with Crippen molar-refractivity contribution in [1.82, 2.24) is 19.4 Å². The minimum Gasteiger partial charge on any atom is -0.439 e. The molecule has 6 rings (SSSR count). The highest BCUT2D eigenvalue weighted by atomic mass is 79.9. The first-order valence-electron chi connectivity index (χ1n) is 15.8. The Morgan fingerprint density at radius 1 is 0.865 bits per heavy atom. The van der Waals surface area contributed by atoms with Gasteiger partial charge in [0.2, 0.25) is 5.88 Å². The second-order valence-electron chi connectivity index (χ2n) is 11.8. The number of benzene rings is 3. The Bertz CT molecular complexity index is 2000. The molecule has 3 aromatic carbocycles. The monoisotopic (exact) mass is 789 g/mol. The summed E-state index contributed by atoms with van der Waals surface area (Å²) >= 11 is 0. The average Bonchev–Trinajstić information content (AvgIpc) is 3.43. The number of hydrogen-bond acceptors (Lipinski definition) is 7. The Balaban J connectivity index is 0.00000523. The number of nitrogens with zero attached hydrogens (tertiary/aromatic N) is 5. The van der Waals surface area contributed by atoms with Crippen molar-refractivity contribution in [3.05, 3.63) is 108 Å². The Kier molecular flexibility index (Phi) is 11.7. The number of fused-ring (bicyclic) bond motifs is 1. The van der Waals surface area contributed by atoms with E-state index in [2.05, 4.69) is 19.4 Å². The van der Waals surface area contributed by atoms with E-state index < -0.39 is 24.6 Å². The summed E-state index contributed by atoms with van der Waals surface area (Å²) in [6.07, 6.45) is -3.39. The molecule has 10 nitrogen and oxygen atoms in total. The van der Waals surface area contributed by atoms with Crippen LogP contribution in [0.25, 0.3) is 10.9 Å². The first-order valence-corrected chi connectivity index (χ1v) is 15.8. The first-order chi connectivity index (χ1) is 24.3. The van der Waals surface area contributed by atoms with Crippen molar-refractivity contribution in [1.29, 1.82) is 0 Å². The summed E-state index contributed by atoms with van der Waals surface area (Å²) in [6, 6.07) is 21.6. The third-order valence-electron chi connectivity index (χ3n) is 8.42. The van der Waals surface area contributed by atoms with Crippen LogP contribution in [0.2, 0.25) is 0 Å². The van der Waals surface area contributed by atoms with Crippen LogP contribution in [0.5, 0.6) is 23.1 Å². The SMILES string of the molecule is Br.CN(C(=O)c1ccc(OC(F)(F)F)cc1)c1ccc(Oc2ccc3cc(C(=O)N4CCN(Cc5ccc(OC(F)F)cc5)CC4)n(C)c3c2)nc1. The molecule has 5 aromatic rings. The zero-order valence-electron chi connectivity index (χ0n) is 27.8. The van der Waals surface area contributed by atoms with Gasteiger partial charge in [-0.3, -0.25) is 14.5 Å². The van der Waals surface area contributed by atoms with Gasteiger partial charge >= 0.3 is 13.0 Å². The highest BCUT2D eigenvalue weighted by Crippen LogP contribution is 2.29. The van der Waals surface area contributed by atoms with E-state index in [1.165, 1.54) is 42.4 Å². The number of aromatic nitrogens is 2. The van der Waals surface area contributed by atoms with Crippen LogP contribution in [0.4, 0.5) is 27.6 Å². The molecule has 1 aliphatic heterocycles. The van der Waals surface area contributed by atoms with Gasteiger partial charge < -0.3 is 28.6 Å². The summed E-state index contributed by atoms with van der Waals surface area (Å²) < 4.78 is 78.2. The van der Waals surface area contributed by atoms with E-state index in [4.69, 9.17) is 4.74 Å². The van der Waals surface area contributed by atoms with Gasteiger partial charge in [-0.25, -0.2) is 4.98 Å². The number of alkyl halides is 5. The lowest BCUT2D eigenvalue weighted by Crippen LogP contribution is -2.48. The summed E-state index contributed by atoms with van der Waals surface area (Å²) in [5.41, 5.74) is 2.86. The molecular formula is C36H33BrF5N5O5. The number of anilines is 1. The molecule has 0 unspecified atom stereocenters. The van der Waals surface area contributed by atoms with Gasteiger partial charge in [0.1, 0.15) is 22.9 Å². The van der Waals surface area contributed by atoms with E-state index in [1.54, 1.807) is 36.4 Å². The zero-order chi connectivity index (χ0) is 36.3. The van der Waals surface area contributed by atoms with Crippen LogP contribution in [-0.2, 0) is 13.6 Å². The number of amides is 2. The van der Waals surface area contributed by atoms with Crippen LogP contribution in [0, 0.1) is 0 Å². The van der Waals surface area contributed by atoms with Gasteiger partial charge in [-0.1, -0.05) is 12.1 Å². The molecule has 52 heavy (non-hydrogen) atoms. The number of carbonyl (C=O) groups is 2. The largest absolute Gasteiger partial charge is 0.573 e. The number of carbonyl (C=O) groups excluding carboxylic acids is 2. The smallest absolute Gasteiger partial charge is 0.439 e. The fourth-order valence-corrected chi connectivity index (χ4v) is 5.75. The molecular weight excluding hydrogens is 757 g/mol. The van der Waals surface area contributed by atoms with Crippen molar-refractivity contribution in [2.24, 2.45) is 7.05 Å². The first kappa shape index (κ1) is 38.0. The topological polar surface area (TPSA) is 89.4 Å². The lowest BCUT2D eigenvalue weighted by atomic mass is 10.2. The molecule has 1 saturated heterocycles. The minimum atomic E-state index is -4.83. The Morgan fingerprint density at radius 3 is 2.13 bits per heavy atom. The van der Waals surface area contributed by atoms with Crippen LogP contribution in [0.15, 0.2) is 91.1 Å². The maximum Gasteiger partial charge on any atom is 0.573 e. The Morgan fingerprint density at radius 2 is 1.52 bits per heavy atom. The van der Waals surface area contributed by atoms with Crippen LogP contribution < -0.4 is 19.1 Å². The molecule has 0 N–H and O–H groups in total. The highest BCUT2D eigenvalue weighted by molar-refractivity contribution is 8.93.